The molecule has 0 heterocycles. The van der Waals surface area contributed by atoms with Crippen LogP contribution >= 0.6 is 0 Å². The number of phenolic OH excluding ortho intramolecular Hbond substituents is 1. The molecule has 1 aromatic rings. The molecule has 0 amide bonds. The lowest BCUT2D eigenvalue weighted by atomic mass is 9.96. The highest BCUT2D eigenvalue weighted by Gasteiger charge is 2.17. The van der Waals surface area contributed by atoms with E-state index in [1.54, 1.807) is 0 Å². The molecule has 0 saturated heterocycles. The van der Waals surface area contributed by atoms with Gasteiger partial charge >= 0.3 is 0 Å². The third kappa shape index (κ3) is 3.51. The van der Waals surface area contributed by atoms with Crippen molar-refractivity contribution in [3.8, 4) is 5.75 Å². The van der Waals surface area contributed by atoms with Gasteiger partial charge in [-0.15, -0.1) is 0 Å². The minimum atomic E-state index is -0.446. The van der Waals surface area contributed by atoms with Gasteiger partial charge in [-0.05, 0) is 38.8 Å². The van der Waals surface area contributed by atoms with E-state index in [0.29, 0.717) is 18.4 Å². The molecule has 0 atom stereocenters. The molecular weight excluding hydrogens is 208 g/mol. The lowest BCUT2D eigenvalue weighted by molar-refractivity contribution is -0.385. The van der Waals surface area contributed by atoms with Gasteiger partial charge in [0.1, 0.15) is 5.75 Å². The molecule has 0 bridgehead atoms. The van der Waals surface area contributed by atoms with Crippen molar-refractivity contribution in [1.29, 1.82) is 0 Å². The molecule has 0 aromatic heterocycles. The average molecular weight is 224 g/mol. The molecule has 0 spiro atoms. The van der Waals surface area contributed by atoms with Crippen molar-refractivity contribution in [2.24, 2.45) is 5.73 Å². The molecule has 0 aliphatic rings. The van der Waals surface area contributed by atoms with E-state index in [1.807, 2.05) is 13.8 Å². The highest BCUT2D eigenvalue weighted by molar-refractivity contribution is 5.44. The smallest absolute Gasteiger partial charge is 0.272 e. The number of rotatable bonds is 4. The van der Waals surface area contributed by atoms with Gasteiger partial charge in [-0.2, -0.15) is 0 Å². The van der Waals surface area contributed by atoms with Crippen LogP contribution in [0.1, 0.15) is 25.8 Å². The molecule has 5 nitrogen and oxygen atoms in total. The summed E-state index contributed by atoms with van der Waals surface area (Å²) >= 11 is 0. The highest BCUT2D eigenvalue weighted by Crippen LogP contribution is 2.25. The minimum absolute atomic E-state index is 0.0297. The second-order valence-electron chi connectivity index (χ2n) is 4.56. The molecule has 88 valence electrons. The van der Waals surface area contributed by atoms with Crippen LogP contribution < -0.4 is 5.73 Å². The summed E-state index contributed by atoms with van der Waals surface area (Å²) in [5.41, 5.74) is 5.99. The lowest BCUT2D eigenvalue weighted by Gasteiger charge is -2.17. The Kier molecular flexibility index (Phi) is 3.49. The Hall–Kier alpha value is -1.62. The number of nitro benzene ring substituents is 1. The summed E-state index contributed by atoms with van der Waals surface area (Å²) in [4.78, 5) is 10.3. The topological polar surface area (TPSA) is 89.4 Å². The maximum Gasteiger partial charge on any atom is 0.272 e. The standard InChI is InChI=1S/C11H16N2O3/c1-11(2,12)6-5-8-7-9(14)3-4-10(8)13(15)16/h3-4,7,14H,5-6,12H2,1-2H3. The van der Waals surface area contributed by atoms with E-state index in [-0.39, 0.29) is 17.0 Å². The quantitative estimate of drug-likeness (QED) is 0.604. The highest BCUT2D eigenvalue weighted by atomic mass is 16.6. The predicted octanol–water partition coefficient (Wildman–Crippen LogP) is 1.97. The molecule has 0 aliphatic carbocycles. The summed E-state index contributed by atoms with van der Waals surface area (Å²) in [6.07, 6.45) is 1.10. The molecule has 16 heavy (non-hydrogen) atoms. The van der Waals surface area contributed by atoms with E-state index >= 15 is 0 Å². The van der Waals surface area contributed by atoms with Crippen LogP contribution in [0.3, 0.4) is 0 Å². The summed E-state index contributed by atoms with van der Waals surface area (Å²) in [7, 11) is 0. The number of phenols is 1. The molecule has 0 saturated carbocycles. The van der Waals surface area contributed by atoms with Gasteiger partial charge < -0.3 is 10.8 Å². The lowest BCUT2D eigenvalue weighted by Crippen LogP contribution is -2.32. The minimum Gasteiger partial charge on any atom is -0.508 e. The molecular formula is C11H16N2O3. The molecule has 5 heteroatoms. The first-order valence-corrected chi connectivity index (χ1v) is 5.05. The van der Waals surface area contributed by atoms with Crippen LogP contribution in [0.25, 0.3) is 0 Å². The number of benzene rings is 1. The van der Waals surface area contributed by atoms with Gasteiger partial charge in [0.15, 0.2) is 0 Å². The van der Waals surface area contributed by atoms with E-state index < -0.39 is 4.92 Å². The monoisotopic (exact) mass is 224 g/mol. The number of nitro groups is 1. The summed E-state index contributed by atoms with van der Waals surface area (Å²) in [5.74, 6) is 0.0374. The van der Waals surface area contributed by atoms with E-state index in [4.69, 9.17) is 5.73 Å². The van der Waals surface area contributed by atoms with Crippen molar-refractivity contribution < 1.29 is 10.0 Å². The third-order valence-electron chi connectivity index (χ3n) is 2.30. The number of hydrogen-bond acceptors (Lipinski definition) is 4. The Labute approximate surface area is 94.0 Å². The molecule has 0 fully saturated rings. The first-order chi connectivity index (χ1) is 7.29. The largest absolute Gasteiger partial charge is 0.508 e. The zero-order chi connectivity index (χ0) is 12.3. The van der Waals surface area contributed by atoms with Crippen LogP contribution in [0.2, 0.25) is 0 Å². The van der Waals surface area contributed by atoms with Crippen LogP contribution in [-0.4, -0.2) is 15.6 Å². The summed E-state index contributed by atoms with van der Waals surface area (Å²) in [6.45, 7) is 3.73. The van der Waals surface area contributed by atoms with E-state index in [9.17, 15) is 15.2 Å². The zero-order valence-corrected chi connectivity index (χ0v) is 9.43. The SMILES string of the molecule is CC(C)(N)CCc1cc(O)ccc1[N+](=O)[O-]. The normalized spacial score (nSPS) is 11.4. The number of aromatic hydroxyl groups is 1. The van der Waals surface area contributed by atoms with Gasteiger partial charge in [0.05, 0.1) is 4.92 Å². The van der Waals surface area contributed by atoms with Crippen LogP contribution in [0.4, 0.5) is 5.69 Å². The molecule has 0 unspecified atom stereocenters. The maximum absolute atomic E-state index is 10.8. The van der Waals surface area contributed by atoms with Gasteiger partial charge in [-0.3, -0.25) is 10.1 Å². The number of aryl methyl sites for hydroxylation is 1. The Bertz CT molecular complexity index is 397. The molecule has 1 rings (SSSR count). The van der Waals surface area contributed by atoms with Crippen molar-refractivity contribution in [1.82, 2.24) is 0 Å². The second kappa shape index (κ2) is 4.49. The van der Waals surface area contributed by atoms with Gasteiger partial charge in [-0.25, -0.2) is 0 Å². The predicted molar refractivity (Wildman–Crippen MR) is 61.3 cm³/mol. The Balaban J connectivity index is 2.93. The summed E-state index contributed by atoms with van der Waals surface area (Å²) < 4.78 is 0. The van der Waals surface area contributed by atoms with Crippen molar-refractivity contribution in [2.75, 3.05) is 0 Å². The van der Waals surface area contributed by atoms with Crippen molar-refractivity contribution in [2.45, 2.75) is 32.2 Å². The summed E-state index contributed by atoms with van der Waals surface area (Å²) in [5, 5.41) is 20.0. The fourth-order valence-corrected chi connectivity index (χ4v) is 1.41. The van der Waals surface area contributed by atoms with E-state index in [2.05, 4.69) is 0 Å². The molecule has 3 N–H and O–H groups in total. The maximum atomic E-state index is 10.8. The van der Waals surface area contributed by atoms with Crippen LogP contribution in [0, 0.1) is 10.1 Å². The Morgan fingerprint density at radius 3 is 2.62 bits per heavy atom. The number of nitrogens with two attached hydrogens (primary N) is 1. The van der Waals surface area contributed by atoms with Crippen molar-refractivity contribution in [3.05, 3.63) is 33.9 Å². The van der Waals surface area contributed by atoms with Crippen molar-refractivity contribution in [3.63, 3.8) is 0 Å². The first kappa shape index (κ1) is 12.4. The van der Waals surface area contributed by atoms with Crippen LogP contribution in [0.5, 0.6) is 5.75 Å². The van der Waals surface area contributed by atoms with Gasteiger partial charge in [0.25, 0.3) is 5.69 Å². The molecule has 1 aromatic carbocycles. The first-order valence-electron chi connectivity index (χ1n) is 5.05. The Morgan fingerprint density at radius 2 is 2.12 bits per heavy atom. The third-order valence-corrected chi connectivity index (χ3v) is 2.30. The Morgan fingerprint density at radius 1 is 1.50 bits per heavy atom. The average Bonchev–Trinajstić information content (AvgIpc) is 2.13. The second-order valence-corrected chi connectivity index (χ2v) is 4.56. The van der Waals surface area contributed by atoms with Crippen molar-refractivity contribution >= 4 is 5.69 Å². The van der Waals surface area contributed by atoms with E-state index in [1.165, 1.54) is 18.2 Å². The van der Waals surface area contributed by atoms with Crippen LogP contribution in [-0.2, 0) is 6.42 Å². The van der Waals surface area contributed by atoms with E-state index in [0.717, 1.165) is 0 Å². The molecule has 0 radical (unpaired) electrons. The fraction of sp³-hybridized carbons (Fsp3) is 0.455. The van der Waals surface area contributed by atoms with Gasteiger partial charge in [-0.1, -0.05) is 0 Å². The van der Waals surface area contributed by atoms with Gasteiger partial charge in [0.2, 0.25) is 0 Å². The fourth-order valence-electron chi connectivity index (χ4n) is 1.41. The zero-order valence-electron chi connectivity index (χ0n) is 9.43. The number of nitrogens with zero attached hydrogens (tertiary/aromatic N) is 1. The molecule has 0 aliphatic heterocycles. The number of hydrogen-bond donors (Lipinski definition) is 2. The van der Waals surface area contributed by atoms with Crippen LogP contribution in [0.15, 0.2) is 18.2 Å². The van der Waals surface area contributed by atoms with Gasteiger partial charge in [0, 0.05) is 17.2 Å². The summed E-state index contributed by atoms with van der Waals surface area (Å²) in [6, 6.07) is 4.05.